The molecule has 1 aliphatic heterocycles. The molecule has 0 amide bonds. The molecule has 1 saturated heterocycles. The Morgan fingerprint density at radius 2 is 1.90 bits per heavy atom. The molecular weight excluding hydrogens is 264 g/mol. The van der Waals surface area contributed by atoms with Crippen LogP contribution >= 0.6 is 0 Å². The van der Waals surface area contributed by atoms with Crippen molar-refractivity contribution in [2.45, 2.75) is 39.7 Å². The second-order valence-corrected chi connectivity index (χ2v) is 5.38. The van der Waals surface area contributed by atoms with Gasteiger partial charge in [0, 0.05) is 30.9 Å². The van der Waals surface area contributed by atoms with Crippen molar-refractivity contribution in [2.24, 2.45) is 0 Å². The molecule has 1 N–H and O–H groups in total. The molecule has 0 aromatic heterocycles. The highest BCUT2D eigenvalue weighted by Gasteiger charge is 2.22. The number of hydrogen-bond donors (Lipinski definition) is 1. The third kappa shape index (κ3) is 4.27. The summed E-state index contributed by atoms with van der Waals surface area (Å²) in [6.07, 6.45) is 2.39. The van der Waals surface area contributed by atoms with Crippen molar-refractivity contribution in [3.05, 3.63) is 18.2 Å². The summed E-state index contributed by atoms with van der Waals surface area (Å²) in [6.45, 7) is 10.8. The van der Waals surface area contributed by atoms with Crippen molar-refractivity contribution in [1.82, 2.24) is 5.32 Å². The molecule has 0 radical (unpaired) electrons. The molecule has 1 unspecified atom stereocenters. The topological polar surface area (TPSA) is 33.7 Å². The molecule has 1 aromatic rings. The maximum atomic E-state index is 5.71. The Morgan fingerprint density at radius 1 is 1.14 bits per heavy atom. The number of rotatable bonds is 8. The highest BCUT2D eigenvalue weighted by molar-refractivity contribution is 5.57. The number of ether oxygens (including phenoxy) is 2. The van der Waals surface area contributed by atoms with Gasteiger partial charge in [-0.2, -0.15) is 0 Å². The smallest absolute Gasteiger partial charge is 0.163 e. The van der Waals surface area contributed by atoms with Crippen molar-refractivity contribution in [2.75, 3.05) is 37.7 Å². The van der Waals surface area contributed by atoms with Crippen LogP contribution in [0.2, 0.25) is 0 Å². The maximum absolute atomic E-state index is 5.71. The van der Waals surface area contributed by atoms with Crippen molar-refractivity contribution >= 4 is 5.69 Å². The van der Waals surface area contributed by atoms with Crippen LogP contribution in [0.1, 0.15) is 33.6 Å². The first-order chi connectivity index (χ1) is 10.3. The van der Waals surface area contributed by atoms with Crippen LogP contribution in [0.5, 0.6) is 11.5 Å². The van der Waals surface area contributed by atoms with Crippen LogP contribution in [0.25, 0.3) is 0 Å². The lowest BCUT2D eigenvalue weighted by Gasteiger charge is -2.21. The van der Waals surface area contributed by atoms with Crippen LogP contribution in [-0.4, -0.2) is 38.9 Å². The first-order valence-electron chi connectivity index (χ1n) is 8.16. The molecule has 1 heterocycles. The van der Waals surface area contributed by atoms with Crippen LogP contribution in [-0.2, 0) is 0 Å². The second kappa shape index (κ2) is 8.13. The van der Waals surface area contributed by atoms with Gasteiger partial charge in [-0.05, 0) is 45.4 Å². The van der Waals surface area contributed by atoms with Gasteiger partial charge >= 0.3 is 0 Å². The van der Waals surface area contributed by atoms with E-state index < -0.39 is 0 Å². The Bertz CT molecular complexity index is 437. The van der Waals surface area contributed by atoms with Crippen LogP contribution in [0.4, 0.5) is 5.69 Å². The van der Waals surface area contributed by atoms with Gasteiger partial charge in [0.2, 0.25) is 0 Å². The lowest BCUT2D eigenvalue weighted by molar-refractivity contribution is 0.288. The summed E-state index contributed by atoms with van der Waals surface area (Å²) >= 11 is 0. The molecular formula is C17H28N2O2. The van der Waals surface area contributed by atoms with Gasteiger partial charge < -0.3 is 19.7 Å². The summed E-state index contributed by atoms with van der Waals surface area (Å²) in [5, 5.41) is 3.60. The molecule has 4 nitrogen and oxygen atoms in total. The highest BCUT2D eigenvalue weighted by atomic mass is 16.5. The summed E-state index contributed by atoms with van der Waals surface area (Å²) in [5.41, 5.74) is 1.22. The predicted molar refractivity (Wildman–Crippen MR) is 87.7 cm³/mol. The summed E-state index contributed by atoms with van der Waals surface area (Å²) in [6, 6.07) is 6.87. The van der Waals surface area contributed by atoms with E-state index in [4.69, 9.17) is 9.47 Å². The zero-order chi connectivity index (χ0) is 15.1. The number of benzene rings is 1. The van der Waals surface area contributed by atoms with Gasteiger partial charge in [-0.15, -0.1) is 0 Å². The minimum Gasteiger partial charge on any atom is -0.490 e. The number of hydrogen-bond acceptors (Lipinski definition) is 4. The van der Waals surface area contributed by atoms with Crippen molar-refractivity contribution in [1.29, 1.82) is 0 Å². The molecule has 2 rings (SSSR count). The molecule has 0 aliphatic carbocycles. The minimum absolute atomic E-state index is 0.604. The predicted octanol–water partition coefficient (Wildman–Crippen LogP) is 3.06. The van der Waals surface area contributed by atoms with Crippen LogP contribution in [0.15, 0.2) is 18.2 Å². The van der Waals surface area contributed by atoms with Gasteiger partial charge in [-0.1, -0.05) is 6.92 Å². The zero-order valence-corrected chi connectivity index (χ0v) is 13.5. The number of anilines is 1. The average molecular weight is 292 g/mol. The summed E-state index contributed by atoms with van der Waals surface area (Å²) in [4.78, 5) is 2.42. The number of nitrogens with zero attached hydrogens (tertiary/aromatic N) is 1. The third-order valence-electron chi connectivity index (χ3n) is 3.76. The van der Waals surface area contributed by atoms with Gasteiger partial charge in [-0.25, -0.2) is 0 Å². The van der Waals surface area contributed by atoms with Crippen LogP contribution < -0.4 is 19.7 Å². The first-order valence-corrected chi connectivity index (χ1v) is 8.16. The van der Waals surface area contributed by atoms with E-state index in [1.165, 1.54) is 18.5 Å². The Labute approximate surface area is 128 Å². The molecule has 1 aliphatic rings. The molecule has 118 valence electrons. The normalized spacial score (nSPS) is 18.0. The van der Waals surface area contributed by atoms with Crippen LogP contribution in [0.3, 0.4) is 0 Å². The molecule has 1 fully saturated rings. The molecule has 4 heteroatoms. The average Bonchev–Trinajstić information content (AvgIpc) is 2.96. The van der Waals surface area contributed by atoms with Crippen molar-refractivity contribution in [3.8, 4) is 11.5 Å². The molecule has 1 aromatic carbocycles. The van der Waals surface area contributed by atoms with Gasteiger partial charge in [0.25, 0.3) is 0 Å². The summed E-state index contributed by atoms with van der Waals surface area (Å²) in [7, 11) is 0. The van der Waals surface area contributed by atoms with Gasteiger partial charge in [0.1, 0.15) is 0 Å². The van der Waals surface area contributed by atoms with E-state index in [1.54, 1.807) is 0 Å². The summed E-state index contributed by atoms with van der Waals surface area (Å²) in [5.74, 6) is 1.68. The van der Waals surface area contributed by atoms with Gasteiger partial charge in [0.05, 0.1) is 13.2 Å². The van der Waals surface area contributed by atoms with Crippen molar-refractivity contribution in [3.63, 3.8) is 0 Å². The van der Waals surface area contributed by atoms with Crippen LogP contribution in [0, 0.1) is 0 Å². The summed E-state index contributed by atoms with van der Waals surface area (Å²) < 4.78 is 11.3. The molecule has 0 saturated carbocycles. The van der Waals surface area contributed by atoms with Gasteiger partial charge in [0.15, 0.2) is 11.5 Å². The fourth-order valence-corrected chi connectivity index (χ4v) is 2.75. The molecule has 21 heavy (non-hydrogen) atoms. The quantitative estimate of drug-likeness (QED) is 0.798. The highest BCUT2D eigenvalue weighted by Crippen LogP contribution is 2.33. The maximum Gasteiger partial charge on any atom is 0.163 e. The fourth-order valence-electron chi connectivity index (χ4n) is 2.75. The largest absolute Gasteiger partial charge is 0.490 e. The SMILES string of the molecule is CCCNC1CCN(c2ccc(OCC)c(OCC)c2)C1. The van der Waals surface area contributed by atoms with E-state index in [0.29, 0.717) is 19.3 Å². The molecule has 0 bridgehead atoms. The van der Waals surface area contributed by atoms with Gasteiger partial charge in [-0.3, -0.25) is 0 Å². The first kappa shape index (κ1) is 16.0. The van der Waals surface area contributed by atoms with E-state index in [-0.39, 0.29) is 0 Å². The minimum atomic E-state index is 0.604. The Hall–Kier alpha value is -1.42. The second-order valence-electron chi connectivity index (χ2n) is 5.38. The Kier molecular flexibility index (Phi) is 6.18. The standard InChI is InChI=1S/C17H28N2O2/c1-4-10-18-14-9-11-19(13-14)15-7-8-16(20-5-2)17(12-15)21-6-3/h7-8,12,14,18H,4-6,9-11,13H2,1-3H3. The third-order valence-corrected chi connectivity index (χ3v) is 3.76. The van der Waals surface area contributed by atoms with E-state index in [1.807, 2.05) is 19.9 Å². The van der Waals surface area contributed by atoms with E-state index in [9.17, 15) is 0 Å². The molecule has 1 atom stereocenters. The van der Waals surface area contributed by atoms with E-state index >= 15 is 0 Å². The fraction of sp³-hybridized carbons (Fsp3) is 0.647. The Balaban J connectivity index is 2.04. The number of nitrogens with one attached hydrogen (secondary N) is 1. The van der Waals surface area contributed by atoms with Crippen molar-refractivity contribution < 1.29 is 9.47 Å². The Morgan fingerprint density at radius 3 is 2.62 bits per heavy atom. The van der Waals surface area contributed by atoms with E-state index in [2.05, 4.69) is 29.3 Å². The molecule has 0 spiro atoms. The lowest BCUT2D eigenvalue weighted by atomic mass is 10.2. The lowest BCUT2D eigenvalue weighted by Crippen LogP contribution is -2.32. The zero-order valence-electron chi connectivity index (χ0n) is 13.5. The monoisotopic (exact) mass is 292 g/mol. The van der Waals surface area contributed by atoms with E-state index in [0.717, 1.165) is 31.1 Å².